The SMILES string of the molecule is O=C(O)CNCc1ccc(-c2cccnc2)cc1. The number of aromatic nitrogens is 1. The minimum atomic E-state index is -0.845. The van der Waals surface area contributed by atoms with E-state index >= 15 is 0 Å². The van der Waals surface area contributed by atoms with Crippen LogP contribution in [-0.2, 0) is 11.3 Å². The number of rotatable bonds is 5. The van der Waals surface area contributed by atoms with Crippen LogP contribution in [0.25, 0.3) is 11.1 Å². The zero-order chi connectivity index (χ0) is 12.8. The number of hydrogen-bond donors (Lipinski definition) is 2. The minimum Gasteiger partial charge on any atom is -0.480 e. The molecule has 0 radical (unpaired) electrons. The third kappa shape index (κ3) is 3.40. The van der Waals surface area contributed by atoms with Crippen molar-refractivity contribution in [1.82, 2.24) is 10.3 Å². The molecule has 0 atom stereocenters. The number of carboxylic acids is 1. The Labute approximate surface area is 105 Å². The van der Waals surface area contributed by atoms with Gasteiger partial charge in [-0.15, -0.1) is 0 Å². The van der Waals surface area contributed by atoms with Crippen molar-refractivity contribution in [2.75, 3.05) is 6.54 Å². The molecule has 0 aliphatic rings. The normalized spacial score (nSPS) is 10.2. The Morgan fingerprint density at radius 3 is 2.56 bits per heavy atom. The second kappa shape index (κ2) is 5.93. The van der Waals surface area contributed by atoms with Crippen molar-refractivity contribution >= 4 is 5.97 Å². The Morgan fingerprint density at radius 2 is 1.94 bits per heavy atom. The molecular formula is C14H14N2O2. The summed E-state index contributed by atoms with van der Waals surface area (Å²) in [5.74, 6) is -0.845. The Balaban J connectivity index is 2.00. The quantitative estimate of drug-likeness (QED) is 0.841. The molecule has 0 aliphatic heterocycles. The Kier molecular flexibility index (Phi) is 4.04. The fraction of sp³-hybridized carbons (Fsp3) is 0.143. The van der Waals surface area contributed by atoms with Gasteiger partial charge >= 0.3 is 5.97 Å². The molecule has 0 amide bonds. The topological polar surface area (TPSA) is 62.2 Å². The van der Waals surface area contributed by atoms with Gasteiger partial charge in [0.2, 0.25) is 0 Å². The van der Waals surface area contributed by atoms with E-state index in [2.05, 4.69) is 10.3 Å². The van der Waals surface area contributed by atoms with Gasteiger partial charge in [0.1, 0.15) is 0 Å². The van der Waals surface area contributed by atoms with E-state index in [4.69, 9.17) is 5.11 Å². The fourth-order valence-corrected chi connectivity index (χ4v) is 1.66. The lowest BCUT2D eigenvalue weighted by atomic mass is 10.1. The monoisotopic (exact) mass is 242 g/mol. The van der Waals surface area contributed by atoms with Crippen LogP contribution in [0, 0.1) is 0 Å². The first-order chi connectivity index (χ1) is 8.75. The maximum atomic E-state index is 10.4. The maximum absolute atomic E-state index is 10.4. The van der Waals surface area contributed by atoms with Crippen LogP contribution in [0.1, 0.15) is 5.56 Å². The van der Waals surface area contributed by atoms with Crippen molar-refractivity contribution < 1.29 is 9.90 Å². The Bertz CT molecular complexity index is 509. The van der Waals surface area contributed by atoms with Crippen molar-refractivity contribution in [3.8, 4) is 11.1 Å². The summed E-state index contributed by atoms with van der Waals surface area (Å²) in [7, 11) is 0. The number of aliphatic carboxylic acids is 1. The van der Waals surface area contributed by atoms with E-state index in [-0.39, 0.29) is 6.54 Å². The molecule has 0 bridgehead atoms. The first-order valence-corrected chi connectivity index (χ1v) is 5.67. The average Bonchev–Trinajstić information content (AvgIpc) is 2.40. The second-order valence-corrected chi connectivity index (χ2v) is 3.94. The highest BCUT2D eigenvalue weighted by molar-refractivity contribution is 5.69. The van der Waals surface area contributed by atoms with Gasteiger partial charge in [0.15, 0.2) is 0 Å². The zero-order valence-corrected chi connectivity index (χ0v) is 9.84. The molecule has 4 heteroatoms. The van der Waals surface area contributed by atoms with Gasteiger partial charge in [-0.3, -0.25) is 9.78 Å². The highest BCUT2D eigenvalue weighted by Gasteiger charge is 1.99. The number of nitrogens with one attached hydrogen (secondary N) is 1. The molecule has 0 unspecified atom stereocenters. The molecule has 0 fully saturated rings. The molecule has 0 aliphatic carbocycles. The summed E-state index contributed by atoms with van der Waals surface area (Å²) in [4.78, 5) is 14.4. The van der Waals surface area contributed by atoms with Crippen molar-refractivity contribution in [2.45, 2.75) is 6.54 Å². The number of hydrogen-bond acceptors (Lipinski definition) is 3. The van der Waals surface area contributed by atoms with E-state index in [1.807, 2.05) is 42.6 Å². The van der Waals surface area contributed by atoms with E-state index < -0.39 is 5.97 Å². The van der Waals surface area contributed by atoms with E-state index in [9.17, 15) is 4.79 Å². The van der Waals surface area contributed by atoms with Gasteiger partial charge in [0.05, 0.1) is 6.54 Å². The van der Waals surface area contributed by atoms with Gasteiger partial charge < -0.3 is 10.4 Å². The molecular weight excluding hydrogens is 228 g/mol. The van der Waals surface area contributed by atoms with Gasteiger partial charge in [-0.05, 0) is 22.8 Å². The first kappa shape index (κ1) is 12.3. The molecule has 0 saturated carbocycles. The van der Waals surface area contributed by atoms with Crippen LogP contribution < -0.4 is 5.32 Å². The molecule has 1 aromatic carbocycles. The second-order valence-electron chi connectivity index (χ2n) is 3.94. The maximum Gasteiger partial charge on any atom is 0.317 e. The van der Waals surface area contributed by atoms with E-state index in [1.54, 1.807) is 6.20 Å². The lowest BCUT2D eigenvalue weighted by Gasteiger charge is -2.04. The van der Waals surface area contributed by atoms with Crippen molar-refractivity contribution in [3.63, 3.8) is 0 Å². The van der Waals surface area contributed by atoms with Crippen LogP contribution in [-0.4, -0.2) is 22.6 Å². The standard InChI is InChI=1S/C14H14N2O2/c17-14(18)10-16-8-11-3-5-12(6-4-11)13-2-1-7-15-9-13/h1-7,9,16H,8,10H2,(H,17,18). The van der Waals surface area contributed by atoms with Crippen molar-refractivity contribution in [2.24, 2.45) is 0 Å². The van der Waals surface area contributed by atoms with E-state index in [1.165, 1.54) is 0 Å². The highest BCUT2D eigenvalue weighted by atomic mass is 16.4. The smallest absolute Gasteiger partial charge is 0.317 e. The van der Waals surface area contributed by atoms with Gasteiger partial charge in [0.25, 0.3) is 0 Å². The average molecular weight is 242 g/mol. The van der Waals surface area contributed by atoms with Gasteiger partial charge in [-0.2, -0.15) is 0 Å². The fourth-order valence-electron chi connectivity index (χ4n) is 1.66. The number of carboxylic acid groups (broad SMARTS) is 1. The summed E-state index contributed by atoms with van der Waals surface area (Å²) in [6.07, 6.45) is 3.56. The van der Waals surface area contributed by atoms with Crippen molar-refractivity contribution in [1.29, 1.82) is 0 Å². The summed E-state index contributed by atoms with van der Waals surface area (Å²) in [6, 6.07) is 11.9. The summed E-state index contributed by atoms with van der Waals surface area (Å²) in [6.45, 7) is 0.532. The first-order valence-electron chi connectivity index (χ1n) is 5.67. The number of nitrogens with zero attached hydrogens (tertiary/aromatic N) is 1. The van der Waals surface area contributed by atoms with Crippen LogP contribution in [0.15, 0.2) is 48.8 Å². The van der Waals surface area contributed by atoms with Gasteiger partial charge in [-0.1, -0.05) is 30.3 Å². The van der Waals surface area contributed by atoms with Crippen LogP contribution >= 0.6 is 0 Å². The molecule has 2 N–H and O–H groups in total. The van der Waals surface area contributed by atoms with Crippen molar-refractivity contribution in [3.05, 3.63) is 54.4 Å². The van der Waals surface area contributed by atoms with Crippen LogP contribution in [0.5, 0.6) is 0 Å². The lowest BCUT2D eigenvalue weighted by molar-refractivity contribution is -0.135. The molecule has 0 spiro atoms. The van der Waals surface area contributed by atoms with Crippen LogP contribution in [0.2, 0.25) is 0 Å². The third-order valence-electron chi connectivity index (χ3n) is 2.55. The highest BCUT2D eigenvalue weighted by Crippen LogP contribution is 2.18. The molecule has 1 heterocycles. The Morgan fingerprint density at radius 1 is 1.17 bits per heavy atom. The number of benzene rings is 1. The minimum absolute atomic E-state index is 0.0235. The summed E-state index contributed by atoms with van der Waals surface area (Å²) in [5.41, 5.74) is 3.23. The molecule has 2 aromatic rings. The number of carbonyl (C=O) groups is 1. The summed E-state index contributed by atoms with van der Waals surface area (Å²) < 4.78 is 0. The third-order valence-corrected chi connectivity index (χ3v) is 2.55. The van der Waals surface area contributed by atoms with E-state index in [0.29, 0.717) is 6.54 Å². The van der Waals surface area contributed by atoms with Crippen LogP contribution in [0.3, 0.4) is 0 Å². The van der Waals surface area contributed by atoms with E-state index in [0.717, 1.165) is 16.7 Å². The van der Waals surface area contributed by atoms with Gasteiger partial charge in [-0.25, -0.2) is 0 Å². The van der Waals surface area contributed by atoms with Gasteiger partial charge in [0, 0.05) is 18.9 Å². The molecule has 4 nitrogen and oxygen atoms in total. The predicted molar refractivity (Wildman–Crippen MR) is 69.0 cm³/mol. The molecule has 18 heavy (non-hydrogen) atoms. The molecule has 1 aromatic heterocycles. The summed E-state index contributed by atoms with van der Waals surface area (Å²) in [5, 5.41) is 11.4. The number of pyridine rings is 1. The predicted octanol–water partition coefficient (Wildman–Crippen LogP) is 1.92. The molecule has 2 rings (SSSR count). The van der Waals surface area contributed by atoms with Crippen LogP contribution in [0.4, 0.5) is 0 Å². The molecule has 92 valence electrons. The molecule has 0 saturated heterocycles. The summed E-state index contributed by atoms with van der Waals surface area (Å²) >= 11 is 0. The largest absolute Gasteiger partial charge is 0.480 e. The zero-order valence-electron chi connectivity index (χ0n) is 9.84. The Hall–Kier alpha value is -2.20. The lowest BCUT2D eigenvalue weighted by Crippen LogP contribution is -2.21.